The zero-order chi connectivity index (χ0) is 44.9. The molecule has 0 heterocycles. The molecule has 2 unspecified atom stereocenters. The molecule has 1 N–H and O–H groups in total. The van der Waals surface area contributed by atoms with Crippen LogP contribution in [0.1, 0.15) is 258 Å². The normalized spacial score (nSPS) is 12.7. The molecule has 0 bridgehead atoms. The quantitative estimate of drug-likeness (QED) is 0.0279. The minimum absolute atomic E-state index is 0.175. The number of unbranched alkanes of at least 4 members (excludes halogenated alkanes) is 34. The molecule has 0 aliphatic heterocycles. The Morgan fingerprint density at radius 2 is 0.738 bits per heavy atom. The average molecular weight is 869 g/mol. The number of carboxylic acid groups (broad SMARTS) is 1. The Bertz CT molecular complexity index is 970. The number of aliphatic carboxylic acids is 1. The van der Waals surface area contributed by atoms with Gasteiger partial charge in [-0.15, -0.1) is 0 Å². The number of hydrogen-bond acceptors (Lipinski definition) is 7. The van der Waals surface area contributed by atoms with Gasteiger partial charge >= 0.3 is 17.9 Å². The number of carboxylic acids is 1. The molecule has 0 aliphatic carbocycles. The number of carbonyl (C=O) groups excluding carboxylic acids is 2. The minimum atomic E-state index is -1.50. The molecule has 0 aromatic carbocycles. The number of likely N-dealkylation sites (N-methyl/N-ethyl adjacent to an activating group) is 1. The fourth-order valence-electron chi connectivity index (χ4n) is 7.78. The van der Waals surface area contributed by atoms with E-state index in [4.69, 9.17) is 18.9 Å². The number of hydrogen-bond donors (Lipinski definition) is 1. The van der Waals surface area contributed by atoms with Crippen molar-refractivity contribution >= 4 is 17.9 Å². The first-order valence-corrected chi connectivity index (χ1v) is 26.2. The van der Waals surface area contributed by atoms with Gasteiger partial charge in [0.05, 0.1) is 34.4 Å². The van der Waals surface area contributed by atoms with Gasteiger partial charge in [0.15, 0.2) is 6.10 Å². The Morgan fingerprint density at radius 3 is 1.05 bits per heavy atom. The number of rotatable bonds is 49. The van der Waals surface area contributed by atoms with E-state index in [0.29, 0.717) is 17.4 Å². The fraction of sp³-hybridized carbons (Fsp3) is 0.942. The molecule has 0 amide bonds. The van der Waals surface area contributed by atoms with Crippen molar-refractivity contribution in [2.75, 3.05) is 47.5 Å². The topological polar surface area (TPSA) is 108 Å². The van der Waals surface area contributed by atoms with E-state index < -0.39 is 18.4 Å². The zero-order valence-corrected chi connectivity index (χ0v) is 41.1. The molecule has 0 aliphatic rings. The third kappa shape index (κ3) is 46.1. The molecule has 0 aromatic rings. The van der Waals surface area contributed by atoms with Crippen LogP contribution in [0.5, 0.6) is 0 Å². The molecular weight excluding hydrogens is 767 g/mol. The molecule has 2 atom stereocenters. The maximum absolute atomic E-state index is 12.8. The molecule has 362 valence electrons. The van der Waals surface area contributed by atoms with Gasteiger partial charge in [0, 0.05) is 12.8 Å². The summed E-state index contributed by atoms with van der Waals surface area (Å²) in [6, 6.07) is 0. The molecule has 0 fully saturated rings. The van der Waals surface area contributed by atoms with Crippen molar-refractivity contribution < 1.29 is 42.9 Å². The molecule has 0 spiro atoms. The predicted octanol–water partition coefficient (Wildman–Crippen LogP) is 14.5. The van der Waals surface area contributed by atoms with E-state index in [9.17, 15) is 19.5 Å². The second-order valence-electron chi connectivity index (χ2n) is 19.2. The van der Waals surface area contributed by atoms with Crippen LogP contribution in [0.15, 0.2) is 0 Å². The standard InChI is InChI=1S/C52H101NO8/c1-6-8-10-12-14-15-16-17-18-19-20-21-22-23-24-25-26-27-28-29-30-31-32-33-34-35-37-39-41-43-50(55)61-48(46-59-49(54)42-40-38-36-13-11-9-7-2)47-60-52(51(56)57)58-45-44-53(3,4)5/h48,52H,6-47H2,1-5H3/p+1. The van der Waals surface area contributed by atoms with Crippen LogP contribution in [0, 0.1) is 0 Å². The second kappa shape index (κ2) is 44.9. The molecule has 61 heavy (non-hydrogen) atoms. The van der Waals surface area contributed by atoms with Crippen LogP contribution in [0.4, 0.5) is 0 Å². The largest absolute Gasteiger partial charge is 0.477 e. The second-order valence-corrected chi connectivity index (χ2v) is 19.2. The molecule has 0 rings (SSSR count). The van der Waals surface area contributed by atoms with Crippen molar-refractivity contribution in [2.24, 2.45) is 0 Å². The van der Waals surface area contributed by atoms with Gasteiger partial charge in [0.1, 0.15) is 13.2 Å². The summed E-state index contributed by atoms with van der Waals surface area (Å²) < 4.78 is 22.7. The minimum Gasteiger partial charge on any atom is -0.477 e. The van der Waals surface area contributed by atoms with Crippen LogP contribution < -0.4 is 0 Å². The Kier molecular flexibility index (Phi) is 43.6. The monoisotopic (exact) mass is 869 g/mol. The maximum atomic E-state index is 12.8. The van der Waals surface area contributed by atoms with Gasteiger partial charge in [0.2, 0.25) is 0 Å². The summed E-state index contributed by atoms with van der Waals surface area (Å²) in [5.41, 5.74) is 0. The van der Waals surface area contributed by atoms with Gasteiger partial charge in [-0.25, -0.2) is 4.79 Å². The smallest absolute Gasteiger partial charge is 0.361 e. The third-order valence-corrected chi connectivity index (χ3v) is 11.9. The molecule has 9 nitrogen and oxygen atoms in total. The number of nitrogens with zero attached hydrogens (tertiary/aromatic N) is 1. The van der Waals surface area contributed by atoms with Crippen molar-refractivity contribution in [3.63, 3.8) is 0 Å². The highest BCUT2D eigenvalue weighted by atomic mass is 16.7. The first-order chi connectivity index (χ1) is 29.6. The van der Waals surface area contributed by atoms with Crippen LogP contribution in [0.25, 0.3) is 0 Å². The van der Waals surface area contributed by atoms with E-state index in [1.54, 1.807) is 0 Å². The van der Waals surface area contributed by atoms with E-state index in [1.807, 2.05) is 21.1 Å². The Labute approximate surface area is 377 Å². The molecule has 0 radical (unpaired) electrons. The average Bonchev–Trinajstić information content (AvgIpc) is 3.22. The zero-order valence-electron chi connectivity index (χ0n) is 41.1. The molecule has 9 heteroatoms. The molecule has 0 saturated carbocycles. The molecule has 0 saturated heterocycles. The predicted molar refractivity (Wildman–Crippen MR) is 254 cm³/mol. The number of ether oxygens (including phenoxy) is 4. The first-order valence-electron chi connectivity index (χ1n) is 26.2. The molecular formula is C52H102NO8+. The van der Waals surface area contributed by atoms with Crippen molar-refractivity contribution in [3.05, 3.63) is 0 Å². The number of carbonyl (C=O) groups is 3. The number of quaternary nitrogens is 1. The van der Waals surface area contributed by atoms with E-state index in [0.717, 1.165) is 38.5 Å². The summed E-state index contributed by atoms with van der Waals surface area (Å²) in [5, 5.41) is 9.62. The van der Waals surface area contributed by atoms with Crippen molar-refractivity contribution in [2.45, 2.75) is 270 Å². The summed E-state index contributed by atoms with van der Waals surface area (Å²) in [6.07, 6.45) is 45.0. The maximum Gasteiger partial charge on any atom is 0.361 e. The lowest BCUT2D eigenvalue weighted by molar-refractivity contribution is -0.870. The Balaban J connectivity index is 3.98. The van der Waals surface area contributed by atoms with Gasteiger partial charge < -0.3 is 28.5 Å². The summed E-state index contributed by atoms with van der Waals surface area (Å²) in [6.45, 7) is 4.86. The van der Waals surface area contributed by atoms with Crippen LogP contribution in [0.2, 0.25) is 0 Å². The van der Waals surface area contributed by atoms with Crippen LogP contribution in [0.3, 0.4) is 0 Å². The highest BCUT2D eigenvalue weighted by Crippen LogP contribution is 2.17. The lowest BCUT2D eigenvalue weighted by Crippen LogP contribution is -2.40. The SMILES string of the molecule is CCCCCCCCCCCCCCCCCCCCCCCCCCCCCCCC(=O)OC(COC(=O)CCCCCCCCC)COC(OCC[N+](C)(C)C)C(=O)O. The van der Waals surface area contributed by atoms with Crippen LogP contribution in [-0.4, -0.2) is 87.4 Å². The van der Waals surface area contributed by atoms with Gasteiger partial charge in [-0.1, -0.05) is 232 Å². The van der Waals surface area contributed by atoms with Crippen molar-refractivity contribution in [1.82, 2.24) is 0 Å². The summed E-state index contributed by atoms with van der Waals surface area (Å²) in [7, 11) is 5.96. The van der Waals surface area contributed by atoms with E-state index in [-0.39, 0.29) is 38.2 Å². The highest BCUT2D eigenvalue weighted by molar-refractivity contribution is 5.71. The van der Waals surface area contributed by atoms with Gasteiger partial charge in [-0.3, -0.25) is 9.59 Å². The summed E-state index contributed by atoms with van der Waals surface area (Å²) in [5.74, 6) is -1.99. The first kappa shape index (κ1) is 59.3. The summed E-state index contributed by atoms with van der Waals surface area (Å²) in [4.78, 5) is 37.0. The lowest BCUT2D eigenvalue weighted by atomic mass is 10.0. The van der Waals surface area contributed by atoms with Gasteiger partial charge in [-0.05, 0) is 12.8 Å². The third-order valence-electron chi connectivity index (χ3n) is 11.9. The Morgan fingerprint density at radius 1 is 0.426 bits per heavy atom. The van der Waals surface area contributed by atoms with E-state index >= 15 is 0 Å². The Hall–Kier alpha value is -1.71. The van der Waals surface area contributed by atoms with E-state index in [1.165, 1.54) is 193 Å². The molecule has 0 aromatic heterocycles. The fourth-order valence-corrected chi connectivity index (χ4v) is 7.78. The highest BCUT2D eigenvalue weighted by Gasteiger charge is 2.25. The van der Waals surface area contributed by atoms with Gasteiger partial charge in [0.25, 0.3) is 6.29 Å². The van der Waals surface area contributed by atoms with Crippen molar-refractivity contribution in [3.8, 4) is 0 Å². The van der Waals surface area contributed by atoms with E-state index in [2.05, 4.69) is 13.8 Å². The van der Waals surface area contributed by atoms with Gasteiger partial charge in [-0.2, -0.15) is 0 Å². The lowest BCUT2D eigenvalue weighted by Gasteiger charge is -2.25. The van der Waals surface area contributed by atoms with Crippen molar-refractivity contribution in [1.29, 1.82) is 0 Å². The van der Waals surface area contributed by atoms with Crippen LogP contribution in [-0.2, 0) is 33.3 Å². The summed E-state index contributed by atoms with van der Waals surface area (Å²) >= 11 is 0. The van der Waals surface area contributed by atoms with Crippen LogP contribution >= 0.6 is 0 Å². The number of esters is 2.